The van der Waals surface area contributed by atoms with Gasteiger partial charge in [-0.2, -0.15) is 5.26 Å². The predicted molar refractivity (Wildman–Crippen MR) is 74.7 cm³/mol. The molecule has 0 aliphatic carbocycles. The topological polar surface area (TPSA) is 93.4 Å². The van der Waals surface area contributed by atoms with Crippen LogP contribution in [0.3, 0.4) is 0 Å². The van der Waals surface area contributed by atoms with Crippen molar-refractivity contribution in [2.24, 2.45) is 0 Å². The Morgan fingerprint density at radius 3 is 2.50 bits per heavy atom. The summed E-state index contributed by atoms with van der Waals surface area (Å²) in [6.45, 7) is 2.82. The van der Waals surface area contributed by atoms with Crippen LogP contribution in [-0.4, -0.2) is 34.6 Å². The molecule has 0 saturated heterocycles. The number of hydrogen-bond donors (Lipinski definition) is 2. The van der Waals surface area contributed by atoms with E-state index in [-0.39, 0.29) is 5.02 Å². The molecule has 0 fully saturated rings. The minimum absolute atomic E-state index is 0.207. The van der Waals surface area contributed by atoms with Crippen LogP contribution in [0.2, 0.25) is 5.02 Å². The van der Waals surface area contributed by atoms with Crippen LogP contribution in [0.5, 0.6) is 0 Å². The van der Waals surface area contributed by atoms with Crippen molar-refractivity contribution in [3.63, 3.8) is 0 Å². The number of nitrogens with one attached hydrogen (secondary N) is 1. The number of benzene rings is 1. The number of carboxylic acids is 1. The van der Waals surface area contributed by atoms with E-state index < -0.39 is 17.5 Å². The molecule has 7 heteroatoms. The zero-order chi connectivity index (χ0) is 15.5. The van der Waals surface area contributed by atoms with E-state index in [0.717, 1.165) is 4.90 Å². The summed E-state index contributed by atoms with van der Waals surface area (Å²) in [5.74, 6) is -1.12. The third-order valence-electron chi connectivity index (χ3n) is 3.01. The molecule has 6 nitrogen and oxygen atoms in total. The van der Waals surface area contributed by atoms with E-state index in [1.54, 1.807) is 0 Å². The summed E-state index contributed by atoms with van der Waals surface area (Å²) < 4.78 is 0. The highest BCUT2D eigenvalue weighted by molar-refractivity contribution is 6.33. The molecule has 0 aliphatic rings. The maximum absolute atomic E-state index is 12.0. The number of hydrogen-bond acceptors (Lipinski definition) is 3. The van der Waals surface area contributed by atoms with Crippen LogP contribution in [0.25, 0.3) is 0 Å². The molecule has 0 bridgehead atoms. The molecule has 106 valence electrons. The molecule has 0 aromatic heterocycles. The van der Waals surface area contributed by atoms with Gasteiger partial charge in [0.2, 0.25) is 0 Å². The van der Waals surface area contributed by atoms with Crippen molar-refractivity contribution in [2.75, 3.05) is 12.4 Å². The van der Waals surface area contributed by atoms with Crippen LogP contribution in [0.1, 0.15) is 19.4 Å². The first kappa shape index (κ1) is 15.8. The van der Waals surface area contributed by atoms with E-state index in [2.05, 4.69) is 5.32 Å². The highest BCUT2D eigenvalue weighted by atomic mass is 35.5. The summed E-state index contributed by atoms with van der Waals surface area (Å²) in [7, 11) is 1.38. The lowest BCUT2D eigenvalue weighted by molar-refractivity contribution is -0.146. The summed E-state index contributed by atoms with van der Waals surface area (Å²) in [6.07, 6.45) is 0. The van der Waals surface area contributed by atoms with Gasteiger partial charge >= 0.3 is 12.0 Å². The number of nitriles is 1. The second-order valence-electron chi connectivity index (χ2n) is 4.66. The molecular formula is C13H14ClN3O3. The van der Waals surface area contributed by atoms with E-state index in [0.29, 0.717) is 11.3 Å². The number of aliphatic carboxylic acids is 1. The van der Waals surface area contributed by atoms with Gasteiger partial charge in [-0.15, -0.1) is 0 Å². The van der Waals surface area contributed by atoms with Crippen molar-refractivity contribution in [3.05, 3.63) is 28.8 Å². The first-order valence-corrected chi connectivity index (χ1v) is 6.05. The lowest BCUT2D eigenvalue weighted by Gasteiger charge is -2.31. The van der Waals surface area contributed by atoms with Crippen molar-refractivity contribution in [3.8, 4) is 6.07 Å². The van der Waals surface area contributed by atoms with Crippen molar-refractivity contribution in [2.45, 2.75) is 19.4 Å². The Morgan fingerprint density at radius 2 is 2.05 bits per heavy atom. The fourth-order valence-electron chi connectivity index (χ4n) is 1.28. The quantitative estimate of drug-likeness (QED) is 0.896. The van der Waals surface area contributed by atoms with Crippen LogP contribution >= 0.6 is 11.6 Å². The number of anilines is 1. The second kappa shape index (κ2) is 5.80. The fraction of sp³-hybridized carbons (Fsp3) is 0.308. The van der Waals surface area contributed by atoms with Crippen LogP contribution < -0.4 is 5.32 Å². The zero-order valence-corrected chi connectivity index (χ0v) is 12.0. The minimum atomic E-state index is -1.36. The van der Waals surface area contributed by atoms with Gasteiger partial charge in [-0.25, -0.2) is 9.59 Å². The number of halogens is 1. The molecule has 0 spiro atoms. The normalized spacial score (nSPS) is 10.6. The van der Waals surface area contributed by atoms with Gasteiger partial charge in [-0.1, -0.05) is 11.6 Å². The lowest BCUT2D eigenvalue weighted by Crippen LogP contribution is -2.52. The first-order valence-electron chi connectivity index (χ1n) is 5.68. The number of amides is 2. The predicted octanol–water partition coefficient (Wildman–Crippen LogP) is 2.54. The van der Waals surface area contributed by atoms with Crippen LogP contribution in [0, 0.1) is 11.3 Å². The van der Waals surface area contributed by atoms with Crippen molar-refractivity contribution in [1.82, 2.24) is 4.90 Å². The first-order chi connectivity index (χ1) is 9.20. The summed E-state index contributed by atoms with van der Waals surface area (Å²) >= 11 is 5.93. The van der Waals surface area contributed by atoms with Gasteiger partial charge < -0.3 is 15.3 Å². The van der Waals surface area contributed by atoms with Gasteiger partial charge in [-0.05, 0) is 32.0 Å². The zero-order valence-electron chi connectivity index (χ0n) is 11.3. The number of likely N-dealkylation sites (N-methyl/N-ethyl adjacent to an activating group) is 1. The van der Waals surface area contributed by atoms with E-state index in [9.17, 15) is 9.59 Å². The Labute approximate surface area is 121 Å². The van der Waals surface area contributed by atoms with Gasteiger partial charge in [0.25, 0.3) is 0 Å². The Bertz CT molecular complexity index is 593. The third kappa shape index (κ3) is 3.19. The van der Waals surface area contributed by atoms with Crippen LogP contribution in [0.4, 0.5) is 10.5 Å². The van der Waals surface area contributed by atoms with E-state index >= 15 is 0 Å². The molecule has 2 N–H and O–H groups in total. The van der Waals surface area contributed by atoms with Gasteiger partial charge in [-0.3, -0.25) is 0 Å². The fourth-order valence-corrected chi connectivity index (χ4v) is 1.51. The SMILES string of the molecule is CN(C(=O)Nc1ccc(C#N)cc1Cl)C(C)(C)C(=O)O. The second-order valence-corrected chi connectivity index (χ2v) is 5.07. The molecule has 1 rings (SSSR count). The Balaban J connectivity index is 2.92. The average Bonchev–Trinajstić information content (AvgIpc) is 2.39. The maximum atomic E-state index is 12.0. The highest BCUT2D eigenvalue weighted by Gasteiger charge is 2.35. The third-order valence-corrected chi connectivity index (χ3v) is 3.32. The number of nitrogens with zero attached hydrogens (tertiary/aromatic N) is 2. The molecule has 0 heterocycles. The molecule has 1 aromatic rings. The minimum Gasteiger partial charge on any atom is -0.480 e. The Kier molecular flexibility index (Phi) is 4.58. The summed E-state index contributed by atoms with van der Waals surface area (Å²) in [6, 6.07) is 5.72. The van der Waals surface area contributed by atoms with Gasteiger partial charge in [0.15, 0.2) is 0 Å². The van der Waals surface area contributed by atoms with E-state index in [1.807, 2.05) is 6.07 Å². The van der Waals surface area contributed by atoms with E-state index in [1.165, 1.54) is 39.1 Å². The van der Waals surface area contributed by atoms with Gasteiger partial charge in [0.1, 0.15) is 5.54 Å². The van der Waals surface area contributed by atoms with Gasteiger partial charge in [0, 0.05) is 7.05 Å². The molecule has 0 atom stereocenters. The molecule has 20 heavy (non-hydrogen) atoms. The monoisotopic (exact) mass is 295 g/mol. The smallest absolute Gasteiger partial charge is 0.329 e. The molecule has 0 radical (unpaired) electrons. The molecule has 0 unspecified atom stereocenters. The molecule has 0 aliphatic heterocycles. The highest BCUT2D eigenvalue weighted by Crippen LogP contribution is 2.24. The lowest BCUT2D eigenvalue weighted by atomic mass is 10.1. The van der Waals surface area contributed by atoms with E-state index in [4.69, 9.17) is 22.0 Å². The molecular weight excluding hydrogens is 282 g/mol. The van der Waals surface area contributed by atoms with Gasteiger partial charge in [0.05, 0.1) is 22.3 Å². The Hall–Kier alpha value is -2.26. The largest absolute Gasteiger partial charge is 0.480 e. The number of urea groups is 1. The molecule has 1 aromatic carbocycles. The Morgan fingerprint density at radius 1 is 1.45 bits per heavy atom. The van der Waals surface area contributed by atoms with Crippen molar-refractivity contribution >= 4 is 29.3 Å². The van der Waals surface area contributed by atoms with Crippen molar-refractivity contribution < 1.29 is 14.7 Å². The number of carboxylic acid groups (broad SMARTS) is 1. The van der Waals surface area contributed by atoms with Crippen LogP contribution in [0.15, 0.2) is 18.2 Å². The molecule has 0 saturated carbocycles. The average molecular weight is 296 g/mol. The number of rotatable bonds is 3. The summed E-state index contributed by atoms with van der Waals surface area (Å²) in [5, 5.41) is 20.5. The summed E-state index contributed by atoms with van der Waals surface area (Å²) in [5.41, 5.74) is -0.681. The van der Waals surface area contributed by atoms with Crippen molar-refractivity contribution in [1.29, 1.82) is 5.26 Å². The number of carbonyl (C=O) groups is 2. The maximum Gasteiger partial charge on any atom is 0.329 e. The molecule has 2 amide bonds. The number of carbonyl (C=O) groups excluding carboxylic acids is 1. The van der Waals surface area contributed by atoms with Crippen LogP contribution in [-0.2, 0) is 4.79 Å². The summed E-state index contributed by atoms with van der Waals surface area (Å²) in [4.78, 5) is 24.1. The standard InChI is InChI=1S/C13H14ClN3O3/c1-13(2,11(18)19)17(3)12(20)16-10-5-4-8(7-15)6-9(10)14/h4-6H,1-3H3,(H,16,20)(H,18,19).